The molecule has 0 saturated heterocycles. The lowest BCUT2D eigenvalue weighted by Gasteiger charge is -2.12. The largest absolute Gasteiger partial charge is 0.332 e. The van der Waals surface area contributed by atoms with Crippen molar-refractivity contribution in [1.82, 2.24) is 0 Å². The van der Waals surface area contributed by atoms with E-state index < -0.39 is 0 Å². The van der Waals surface area contributed by atoms with Gasteiger partial charge in [0.15, 0.2) is 5.11 Å². The van der Waals surface area contributed by atoms with Gasteiger partial charge < -0.3 is 10.6 Å². The predicted octanol–water partition coefficient (Wildman–Crippen LogP) is 5.87. The minimum atomic E-state index is 0.484. The molecule has 20 heavy (non-hydrogen) atoms. The van der Waals surface area contributed by atoms with Crippen molar-refractivity contribution in [3.05, 3.63) is 56.5 Å². The van der Waals surface area contributed by atoms with Gasteiger partial charge in [-0.3, -0.25) is 0 Å². The molecule has 0 amide bonds. The van der Waals surface area contributed by atoms with Gasteiger partial charge in [-0.2, -0.15) is 0 Å². The highest BCUT2D eigenvalue weighted by Gasteiger charge is 2.03. The summed E-state index contributed by atoms with van der Waals surface area (Å²) < 4.78 is 1.03. The Morgan fingerprint density at radius 2 is 1.60 bits per heavy atom. The third-order valence-corrected chi connectivity index (χ3v) is 4.40. The van der Waals surface area contributed by atoms with Crippen molar-refractivity contribution in [2.75, 3.05) is 10.6 Å². The molecule has 0 heterocycles. The molecular formula is C14H11BrCl2N2S. The molecular weight excluding hydrogens is 379 g/mol. The Labute approximate surface area is 141 Å². The van der Waals surface area contributed by atoms with Crippen molar-refractivity contribution >= 4 is 67.8 Å². The lowest BCUT2D eigenvalue weighted by molar-refractivity contribution is 1.43. The molecule has 0 spiro atoms. The van der Waals surface area contributed by atoms with Gasteiger partial charge in [0.25, 0.3) is 0 Å². The quantitative estimate of drug-likeness (QED) is 0.627. The third-order valence-electron chi connectivity index (χ3n) is 2.61. The van der Waals surface area contributed by atoms with E-state index in [-0.39, 0.29) is 0 Å². The van der Waals surface area contributed by atoms with E-state index in [9.17, 15) is 0 Å². The lowest BCUT2D eigenvalue weighted by Crippen LogP contribution is -2.19. The second-order valence-corrected chi connectivity index (χ2v) is 6.25. The minimum absolute atomic E-state index is 0.484. The van der Waals surface area contributed by atoms with Crippen molar-refractivity contribution in [1.29, 1.82) is 0 Å². The molecule has 0 bridgehead atoms. The molecule has 0 fully saturated rings. The van der Waals surface area contributed by atoms with Gasteiger partial charge in [-0.1, -0.05) is 45.2 Å². The van der Waals surface area contributed by atoms with Crippen LogP contribution in [-0.4, -0.2) is 5.11 Å². The zero-order valence-electron chi connectivity index (χ0n) is 10.5. The smallest absolute Gasteiger partial charge is 0.175 e. The second kappa shape index (κ2) is 6.76. The van der Waals surface area contributed by atoms with E-state index in [1.54, 1.807) is 12.1 Å². The van der Waals surface area contributed by atoms with Crippen LogP contribution in [0.25, 0.3) is 0 Å². The molecule has 2 nitrogen and oxygen atoms in total. The average Bonchev–Trinajstić information content (AvgIpc) is 2.38. The summed E-state index contributed by atoms with van der Waals surface area (Å²) in [7, 11) is 0. The Bertz CT molecular complexity index is 606. The van der Waals surface area contributed by atoms with Crippen LogP contribution >= 0.6 is 51.3 Å². The summed E-state index contributed by atoms with van der Waals surface area (Å²) in [6, 6.07) is 11.2. The van der Waals surface area contributed by atoms with Gasteiger partial charge >= 0.3 is 0 Å². The number of aryl methyl sites for hydroxylation is 1. The minimum Gasteiger partial charge on any atom is -0.332 e. The maximum atomic E-state index is 5.95. The van der Waals surface area contributed by atoms with Gasteiger partial charge in [0.2, 0.25) is 0 Å². The lowest BCUT2D eigenvalue weighted by atomic mass is 10.2. The van der Waals surface area contributed by atoms with Gasteiger partial charge in [0.1, 0.15) is 0 Å². The maximum absolute atomic E-state index is 5.95. The van der Waals surface area contributed by atoms with Crippen molar-refractivity contribution in [2.45, 2.75) is 6.92 Å². The van der Waals surface area contributed by atoms with Gasteiger partial charge in [0, 0.05) is 15.8 Å². The van der Waals surface area contributed by atoms with Crippen molar-refractivity contribution in [3.63, 3.8) is 0 Å². The van der Waals surface area contributed by atoms with Gasteiger partial charge in [-0.05, 0) is 55.0 Å². The van der Waals surface area contributed by atoms with E-state index >= 15 is 0 Å². The molecule has 0 aromatic heterocycles. The third kappa shape index (κ3) is 4.09. The van der Waals surface area contributed by atoms with Crippen molar-refractivity contribution < 1.29 is 0 Å². The van der Waals surface area contributed by atoms with E-state index in [1.807, 2.05) is 31.2 Å². The topological polar surface area (TPSA) is 24.1 Å². The Balaban J connectivity index is 2.04. The van der Waals surface area contributed by atoms with Crippen LogP contribution in [0.2, 0.25) is 10.0 Å². The first kappa shape index (κ1) is 15.6. The van der Waals surface area contributed by atoms with Crippen LogP contribution in [0.15, 0.2) is 40.9 Å². The monoisotopic (exact) mass is 388 g/mol. The van der Waals surface area contributed by atoms with E-state index in [4.69, 9.17) is 35.4 Å². The summed E-state index contributed by atoms with van der Waals surface area (Å²) in [5.74, 6) is 0. The van der Waals surface area contributed by atoms with Crippen molar-refractivity contribution in [3.8, 4) is 0 Å². The first-order valence-electron chi connectivity index (χ1n) is 5.75. The Morgan fingerprint density at radius 1 is 1.00 bits per heavy atom. The highest BCUT2D eigenvalue weighted by atomic mass is 79.9. The number of thiocarbonyl (C=S) groups is 1. The molecule has 104 valence electrons. The first-order chi connectivity index (χ1) is 9.45. The van der Waals surface area contributed by atoms with Gasteiger partial charge in [-0.15, -0.1) is 0 Å². The first-order valence-corrected chi connectivity index (χ1v) is 7.70. The molecule has 2 rings (SSSR count). The number of hydrogen-bond donors (Lipinski definition) is 2. The van der Waals surface area contributed by atoms with E-state index in [0.717, 1.165) is 15.8 Å². The molecule has 0 aliphatic heterocycles. The van der Waals surface area contributed by atoms with Crippen LogP contribution in [0.3, 0.4) is 0 Å². The van der Waals surface area contributed by atoms with Crippen LogP contribution in [0.5, 0.6) is 0 Å². The molecule has 0 saturated carbocycles. The molecule has 6 heteroatoms. The zero-order valence-corrected chi connectivity index (χ0v) is 14.4. The van der Waals surface area contributed by atoms with Crippen LogP contribution in [-0.2, 0) is 0 Å². The van der Waals surface area contributed by atoms with E-state index in [1.165, 1.54) is 5.56 Å². The number of hydrogen-bond acceptors (Lipinski definition) is 1. The standard InChI is InChI=1S/C14H11BrCl2N2S/c1-8-2-3-9(6-11(8)15)18-14(20)19-10-4-5-12(16)13(17)7-10/h2-7H,1H3,(H2,18,19,20). The van der Waals surface area contributed by atoms with Crippen LogP contribution in [0, 0.1) is 6.92 Å². The fourth-order valence-electron chi connectivity index (χ4n) is 1.54. The summed E-state index contributed by atoms with van der Waals surface area (Å²) in [6.07, 6.45) is 0. The number of anilines is 2. The molecule has 2 N–H and O–H groups in total. The average molecular weight is 390 g/mol. The van der Waals surface area contributed by atoms with Gasteiger partial charge in [-0.25, -0.2) is 0 Å². The van der Waals surface area contributed by atoms with Crippen molar-refractivity contribution in [2.24, 2.45) is 0 Å². The van der Waals surface area contributed by atoms with Crippen LogP contribution in [0.4, 0.5) is 11.4 Å². The van der Waals surface area contributed by atoms with E-state index in [0.29, 0.717) is 15.2 Å². The Kier molecular flexibility index (Phi) is 5.27. The number of nitrogens with one attached hydrogen (secondary N) is 2. The predicted molar refractivity (Wildman–Crippen MR) is 95.2 cm³/mol. The Hall–Kier alpha value is -0.810. The maximum Gasteiger partial charge on any atom is 0.175 e. The Morgan fingerprint density at radius 3 is 2.20 bits per heavy atom. The fourth-order valence-corrected chi connectivity index (χ4v) is 2.45. The molecule has 0 radical (unpaired) electrons. The summed E-state index contributed by atoms with van der Waals surface area (Å²) in [6.45, 7) is 2.03. The number of rotatable bonds is 2. The number of halogens is 3. The molecule has 2 aromatic carbocycles. The summed E-state index contributed by atoms with van der Waals surface area (Å²) in [5, 5.41) is 7.64. The summed E-state index contributed by atoms with van der Waals surface area (Å²) in [5.41, 5.74) is 2.85. The normalized spacial score (nSPS) is 10.2. The summed E-state index contributed by atoms with van der Waals surface area (Å²) >= 11 is 20.6. The van der Waals surface area contributed by atoms with Crippen LogP contribution < -0.4 is 10.6 Å². The summed E-state index contributed by atoms with van der Waals surface area (Å²) in [4.78, 5) is 0. The molecule has 0 aliphatic rings. The highest BCUT2D eigenvalue weighted by molar-refractivity contribution is 9.10. The molecule has 0 aliphatic carbocycles. The van der Waals surface area contributed by atoms with Gasteiger partial charge in [0.05, 0.1) is 10.0 Å². The highest BCUT2D eigenvalue weighted by Crippen LogP contribution is 2.25. The molecule has 0 unspecified atom stereocenters. The number of benzene rings is 2. The SMILES string of the molecule is Cc1ccc(NC(=S)Nc2ccc(Cl)c(Cl)c2)cc1Br. The van der Waals surface area contributed by atoms with E-state index in [2.05, 4.69) is 26.6 Å². The molecule has 0 atom stereocenters. The molecule has 2 aromatic rings. The van der Waals surface area contributed by atoms with Crippen LogP contribution in [0.1, 0.15) is 5.56 Å². The second-order valence-electron chi connectivity index (χ2n) is 4.17. The zero-order chi connectivity index (χ0) is 14.7. The fraction of sp³-hybridized carbons (Fsp3) is 0.0714.